The van der Waals surface area contributed by atoms with E-state index in [2.05, 4.69) is 52.5 Å². The molecule has 2 nitrogen and oxygen atoms in total. The molecule has 1 aliphatic carbocycles. The van der Waals surface area contributed by atoms with Crippen molar-refractivity contribution in [2.24, 2.45) is 0 Å². The first kappa shape index (κ1) is 10.3. The average molecular weight is 279 g/mol. The Hall–Kier alpha value is -0.830. The summed E-state index contributed by atoms with van der Waals surface area (Å²) in [6.07, 6.45) is 5.77. The summed E-state index contributed by atoms with van der Waals surface area (Å²) in [5, 5.41) is 0. The van der Waals surface area contributed by atoms with Gasteiger partial charge in [-0.3, -0.25) is 0 Å². The average Bonchev–Trinajstić information content (AvgIpc) is 2.60. The topological polar surface area (TPSA) is 17.3 Å². The second kappa shape index (κ2) is 3.33. The molecule has 0 N–H and O–H groups in total. The molecular formula is C13H15BrN2. The van der Waals surface area contributed by atoms with E-state index in [-0.39, 0.29) is 5.41 Å². The molecule has 3 heteroatoms. The minimum Gasteiger partial charge on any atom is -0.303 e. The van der Waals surface area contributed by atoms with E-state index in [4.69, 9.17) is 4.98 Å². The summed E-state index contributed by atoms with van der Waals surface area (Å²) in [7, 11) is 0. The zero-order valence-corrected chi connectivity index (χ0v) is 11.2. The molecule has 0 bridgehead atoms. The molecule has 2 heterocycles. The second-order valence-electron chi connectivity index (χ2n) is 5.19. The Bertz CT molecular complexity index is 554. The molecule has 0 amide bonds. The van der Waals surface area contributed by atoms with E-state index in [9.17, 15) is 0 Å². The number of imidazole rings is 1. The Morgan fingerprint density at radius 3 is 3.06 bits per heavy atom. The number of rotatable bonds is 0. The lowest BCUT2D eigenvalue weighted by Crippen LogP contribution is -2.24. The van der Waals surface area contributed by atoms with Gasteiger partial charge >= 0.3 is 0 Å². The number of aryl methyl sites for hydroxylation is 1. The number of aromatic nitrogens is 2. The largest absolute Gasteiger partial charge is 0.303 e. The Kier molecular flexibility index (Phi) is 2.15. The van der Waals surface area contributed by atoms with E-state index < -0.39 is 0 Å². The van der Waals surface area contributed by atoms with Gasteiger partial charge in [-0.15, -0.1) is 0 Å². The van der Waals surface area contributed by atoms with Crippen molar-refractivity contribution >= 4 is 21.6 Å². The molecule has 0 aromatic carbocycles. The molecule has 0 aliphatic heterocycles. The molecule has 1 aliphatic rings. The highest BCUT2D eigenvalue weighted by Gasteiger charge is 2.31. The van der Waals surface area contributed by atoms with Crippen LogP contribution in [0.5, 0.6) is 0 Å². The summed E-state index contributed by atoms with van der Waals surface area (Å²) in [6, 6.07) is 4.13. The van der Waals surface area contributed by atoms with Gasteiger partial charge in [-0.25, -0.2) is 4.98 Å². The van der Waals surface area contributed by atoms with Gasteiger partial charge in [0.15, 0.2) is 5.65 Å². The van der Waals surface area contributed by atoms with Gasteiger partial charge in [0.2, 0.25) is 0 Å². The van der Waals surface area contributed by atoms with Gasteiger partial charge in [-0.2, -0.15) is 0 Å². The van der Waals surface area contributed by atoms with Crippen molar-refractivity contribution in [2.45, 2.75) is 38.5 Å². The molecule has 84 valence electrons. The molecule has 0 spiro atoms. The number of pyridine rings is 1. The van der Waals surface area contributed by atoms with E-state index in [1.807, 2.05) is 0 Å². The van der Waals surface area contributed by atoms with E-state index in [0.29, 0.717) is 0 Å². The number of hydrogen-bond acceptors (Lipinski definition) is 1. The SMILES string of the molecule is CC1(C)CCCc2c1nc1c(Br)cccn21. The Labute approximate surface area is 104 Å². The summed E-state index contributed by atoms with van der Waals surface area (Å²) in [6.45, 7) is 4.59. The fourth-order valence-electron chi connectivity index (χ4n) is 2.68. The summed E-state index contributed by atoms with van der Waals surface area (Å²) in [5.41, 5.74) is 3.96. The van der Waals surface area contributed by atoms with Crippen LogP contribution in [0, 0.1) is 0 Å². The van der Waals surface area contributed by atoms with Crippen molar-refractivity contribution in [3.63, 3.8) is 0 Å². The van der Waals surface area contributed by atoms with E-state index >= 15 is 0 Å². The van der Waals surface area contributed by atoms with Crippen LogP contribution in [0.2, 0.25) is 0 Å². The van der Waals surface area contributed by atoms with Crippen molar-refractivity contribution in [3.8, 4) is 0 Å². The predicted octanol–water partition coefficient (Wildman–Crippen LogP) is 3.71. The molecule has 0 saturated carbocycles. The van der Waals surface area contributed by atoms with Crippen LogP contribution < -0.4 is 0 Å². The number of halogens is 1. The van der Waals surface area contributed by atoms with E-state index in [1.165, 1.54) is 24.2 Å². The maximum atomic E-state index is 4.82. The Morgan fingerprint density at radius 1 is 1.44 bits per heavy atom. The van der Waals surface area contributed by atoms with Crippen LogP contribution in [0.1, 0.15) is 38.1 Å². The summed E-state index contributed by atoms with van der Waals surface area (Å²) in [5.74, 6) is 0. The maximum Gasteiger partial charge on any atom is 0.151 e. The minimum atomic E-state index is 0.221. The van der Waals surface area contributed by atoms with Gasteiger partial charge in [0.1, 0.15) is 0 Å². The van der Waals surface area contributed by atoms with E-state index in [0.717, 1.165) is 16.5 Å². The second-order valence-corrected chi connectivity index (χ2v) is 6.05. The summed E-state index contributed by atoms with van der Waals surface area (Å²) < 4.78 is 3.32. The lowest BCUT2D eigenvalue weighted by atomic mass is 9.78. The van der Waals surface area contributed by atoms with Gasteiger partial charge in [0.05, 0.1) is 10.2 Å². The van der Waals surface area contributed by atoms with Crippen molar-refractivity contribution < 1.29 is 0 Å². The number of nitrogens with zero attached hydrogens (tertiary/aromatic N) is 2. The highest BCUT2D eigenvalue weighted by molar-refractivity contribution is 9.10. The van der Waals surface area contributed by atoms with Gasteiger partial charge in [0, 0.05) is 17.3 Å². The lowest BCUT2D eigenvalue weighted by Gasteiger charge is -2.28. The zero-order chi connectivity index (χ0) is 11.3. The van der Waals surface area contributed by atoms with Crippen molar-refractivity contribution in [2.75, 3.05) is 0 Å². The van der Waals surface area contributed by atoms with Crippen molar-refractivity contribution in [3.05, 3.63) is 34.2 Å². The summed E-state index contributed by atoms with van der Waals surface area (Å²) >= 11 is 3.58. The predicted molar refractivity (Wildman–Crippen MR) is 68.9 cm³/mol. The van der Waals surface area contributed by atoms with E-state index in [1.54, 1.807) is 0 Å². The van der Waals surface area contributed by atoms with Crippen LogP contribution in [0.4, 0.5) is 0 Å². The van der Waals surface area contributed by atoms with Gasteiger partial charge in [-0.1, -0.05) is 13.8 Å². The molecule has 2 aromatic rings. The van der Waals surface area contributed by atoms with Crippen molar-refractivity contribution in [1.29, 1.82) is 0 Å². The fraction of sp³-hybridized carbons (Fsp3) is 0.462. The molecule has 0 atom stereocenters. The standard InChI is InChI=1S/C13H15BrN2/c1-13(2)7-3-6-10-11(13)15-12-9(14)5-4-8-16(10)12/h4-5,8H,3,6-7H2,1-2H3. The first-order valence-electron chi connectivity index (χ1n) is 5.75. The quantitative estimate of drug-likeness (QED) is 0.718. The number of fused-ring (bicyclic) bond motifs is 3. The molecular weight excluding hydrogens is 264 g/mol. The van der Waals surface area contributed by atoms with Crippen LogP contribution in [0.15, 0.2) is 22.8 Å². The monoisotopic (exact) mass is 278 g/mol. The van der Waals surface area contributed by atoms with Crippen LogP contribution in [0.25, 0.3) is 5.65 Å². The van der Waals surface area contributed by atoms with Gasteiger partial charge in [0.25, 0.3) is 0 Å². The normalized spacial score (nSPS) is 18.7. The molecule has 16 heavy (non-hydrogen) atoms. The first-order valence-corrected chi connectivity index (χ1v) is 6.55. The highest BCUT2D eigenvalue weighted by atomic mass is 79.9. The summed E-state index contributed by atoms with van der Waals surface area (Å²) in [4.78, 5) is 4.82. The molecule has 0 fully saturated rings. The third-order valence-corrected chi connectivity index (χ3v) is 4.18. The minimum absolute atomic E-state index is 0.221. The fourth-order valence-corrected chi connectivity index (χ4v) is 3.11. The van der Waals surface area contributed by atoms with Crippen LogP contribution in [-0.4, -0.2) is 9.38 Å². The number of hydrogen-bond donors (Lipinski definition) is 0. The van der Waals surface area contributed by atoms with Crippen molar-refractivity contribution in [1.82, 2.24) is 9.38 Å². The molecule has 2 aromatic heterocycles. The smallest absolute Gasteiger partial charge is 0.151 e. The zero-order valence-electron chi connectivity index (χ0n) is 9.63. The molecule has 0 unspecified atom stereocenters. The van der Waals surface area contributed by atoms with Crippen LogP contribution in [0.3, 0.4) is 0 Å². The van der Waals surface area contributed by atoms with Gasteiger partial charge in [-0.05, 0) is 47.3 Å². The Morgan fingerprint density at radius 2 is 2.25 bits per heavy atom. The molecule has 0 radical (unpaired) electrons. The van der Waals surface area contributed by atoms with Crippen LogP contribution >= 0.6 is 15.9 Å². The molecule has 3 rings (SSSR count). The molecule has 0 saturated heterocycles. The third-order valence-electron chi connectivity index (χ3n) is 3.56. The Balaban J connectivity index is 2.37. The first-order chi connectivity index (χ1) is 7.59. The maximum absolute atomic E-state index is 4.82. The van der Waals surface area contributed by atoms with Gasteiger partial charge < -0.3 is 4.40 Å². The lowest BCUT2D eigenvalue weighted by molar-refractivity contribution is 0.418. The highest BCUT2D eigenvalue weighted by Crippen LogP contribution is 2.37. The van der Waals surface area contributed by atoms with Crippen LogP contribution in [-0.2, 0) is 11.8 Å². The third kappa shape index (κ3) is 1.34.